The average Bonchev–Trinajstić information content (AvgIpc) is 2.80. The molecule has 0 amide bonds. The predicted molar refractivity (Wildman–Crippen MR) is 177 cm³/mol. The van der Waals surface area contributed by atoms with Crippen LogP contribution in [0.2, 0.25) is 0 Å². The molecule has 0 rings (SSSR count). The Morgan fingerprint density at radius 3 is 1.23 bits per heavy atom. The minimum absolute atomic E-state index is 0.244. The van der Waals surface area contributed by atoms with Crippen LogP contribution in [-0.2, 0) is 4.79 Å². The Morgan fingerprint density at radius 1 is 0.462 bits per heavy atom. The van der Waals surface area contributed by atoms with Crippen LogP contribution < -0.4 is 0 Å². The summed E-state index contributed by atoms with van der Waals surface area (Å²) in [6, 6.07) is 0. The Morgan fingerprint density at radius 2 is 0.821 bits per heavy atom. The summed E-state index contributed by atoms with van der Waals surface area (Å²) in [7, 11) is 0. The molecular weight excluding hydrogens is 472 g/mol. The van der Waals surface area contributed by atoms with Crippen molar-refractivity contribution in [2.75, 3.05) is 0 Å². The monoisotopic (exact) mass is 534 g/mol. The van der Waals surface area contributed by atoms with E-state index in [9.17, 15) is 4.79 Å². The molecule has 0 heterocycles. The van der Waals surface area contributed by atoms with Crippen LogP contribution in [0.5, 0.6) is 0 Å². The second kappa shape index (κ2) is 21.6. The first-order chi connectivity index (χ1) is 18.3. The Kier molecular flexibility index (Phi) is 20.5. The number of carbonyl (C=O) groups is 1. The highest BCUT2D eigenvalue weighted by Gasteiger charge is 2.19. The molecule has 220 valence electrons. The first-order valence-corrected chi connectivity index (χ1v) is 15.4. The Labute approximate surface area is 244 Å². The van der Waals surface area contributed by atoms with Crippen LogP contribution >= 0.6 is 0 Å². The van der Waals surface area contributed by atoms with E-state index in [0.29, 0.717) is 12.3 Å². The molecule has 0 aromatic rings. The van der Waals surface area contributed by atoms with Crippen molar-refractivity contribution >= 4 is 5.78 Å². The third kappa shape index (κ3) is 22.4. The maximum atomic E-state index is 12.3. The molecule has 39 heavy (non-hydrogen) atoms. The molecule has 0 N–H and O–H groups in total. The fourth-order valence-corrected chi connectivity index (χ4v) is 4.78. The second-order valence-electron chi connectivity index (χ2n) is 12.6. The van der Waals surface area contributed by atoms with Gasteiger partial charge < -0.3 is 4.79 Å². The minimum Gasteiger partial charge on any atom is -0.300 e. The van der Waals surface area contributed by atoms with Crippen molar-refractivity contribution in [3.05, 3.63) is 81.5 Å². The van der Waals surface area contributed by atoms with E-state index in [1.54, 1.807) is 6.92 Å². The number of hydrogen-bond acceptors (Lipinski definition) is 1. The van der Waals surface area contributed by atoms with Gasteiger partial charge in [-0.3, -0.25) is 0 Å². The van der Waals surface area contributed by atoms with Crippen molar-refractivity contribution in [2.24, 2.45) is 11.8 Å². The van der Waals surface area contributed by atoms with Gasteiger partial charge in [-0.2, -0.15) is 0 Å². The lowest BCUT2D eigenvalue weighted by molar-refractivity contribution is -0.117. The van der Waals surface area contributed by atoms with E-state index in [1.165, 1.54) is 39.0 Å². The van der Waals surface area contributed by atoms with Crippen LogP contribution in [0.1, 0.15) is 140 Å². The van der Waals surface area contributed by atoms with Crippen LogP contribution in [0.15, 0.2) is 81.5 Å². The molecule has 1 nitrogen and oxygen atoms in total. The van der Waals surface area contributed by atoms with Crippen LogP contribution in [0, 0.1) is 11.8 Å². The van der Waals surface area contributed by atoms with Gasteiger partial charge in [-0.1, -0.05) is 81.5 Å². The van der Waals surface area contributed by atoms with Crippen LogP contribution in [-0.4, -0.2) is 5.78 Å². The molecule has 1 heteroatoms. The summed E-state index contributed by atoms with van der Waals surface area (Å²) in [5, 5.41) is 0. The molecule has 0 aliphatic heterocycles. The fraction of sp³-hybridized carbons (Fsp3) is 0.605. The summed E-state index contributed by atoms with van der Waals surface area (Å²) >= 11 is 0. The zero-order chi connectivity index (χ0) is 29.8. The average molecular weight is 535 g/mol. The van der Waals surface area contributed by atoms with E-state index < -0.39 is 0 Å². The number of rotatable bonds is 19. The molecule has 0 saturated carbocycles. The molecule has 0 aromatic heterocycles. The van der Waals surface area contributed by atoms with Crippen molar-refractivity contribution in [2.45, 2.75) is 140 Å². The molecule has 0 bridgehead atoms. The number of allylic oxidation sites excluding steroid dienone is 14. The van der Waals surface area contributed by atoms with Gasteiger partial charge in [-0.15, -0.1) is 0 Å². The first-order valence-electron chi connectivity index (χ1n) is 15.4. The van der Waals surface area contributed by atoms with Gasteiger partial charge in [0.05, 0.1) is 0 Å². The summed E-state index contributed by atoms with van der Waals surface area (Å²) in [5.41, 5.74) is 9.92. The predicted octanol–water partition coefficient (Wildman–Crippen LogP) is 12.4. The van der Waals surface area contributed by atoms with Gasteiger partial charge in [-0.05, 0) is 146 Å². The smallest absolute Gasteiger partial charge is 0.130 e. The molecule has 0 aliphatic rings. The van der Waals surface area contributed by atoms with Crippen molar-refractivity contribution in [3.63, 3.8) is 0 Å². The van der Waals surface area contributed by atoms with Crippen molar-refractivity contribution in [3.8, 4) is 0 Å². The molecule has 0 aliphatic carbocycles. The van der Waals surface area contributed by atoms with E-state index in [0.717, 1.165) is 57.8 Å². The quantitative estimate of drug-likeness (QED) is 0.151. The lowest BCUT2D eigenvalue weighted by Crippen LogP contribution is -2.15. The van der Waals surface area contributed by atoms with Gasteiger partial charge in [0.2, 0.25) is 0 Å². The highest BCUT2D eigenvalue weighted by Crippen LogP contribution is 2.29. The van der Waals surface area contributed by atoms with E-state index in [2.05, 4.69) is 112 Å². The number of Topliss-reactive ketones (excluding diaryl/α,β-unsaturated/α-hetero) is 1. The minimum atomic E-state index is 0.244. The fourth-order valence-electron chi connectivity index (χ4n) is 4.78. The zero-order valence-electron chi connectivity index (χ0n) is 27.7. The molecule has 0 aromatic carbocycles. The van der Waals surface area contributed by atoms with Crippen molar-refractivity contribution < 1.29 is 4.79 Å². The van der Waals surface area contributed by atoms with Crippen molar-refractivity contribution in [1.82, 2.24) is 0 Å². The lowest BCUT2D eigenvalue weighted by atomic mass is 9.82. The standard InChI is InChI=1S/C38H62O/c1-29(2)16-12-19-32(7)20-15-21-33(8)24-25-37(26-34(9)22-13-17-30(3)4)38(28-36(11)39)27-35(10)23-14-18-31(5)6/h16-18,20,24,26-27,37-38H,12-15,19,21-23,25,28H2,1-11H3. The third-order valence-corrected chi connectivity index (χ3v) is 7.11. The number of ketones is 1. The highest BCUT2D eigenvalue weighted by molar-refractivity contribution is 5.76. The van der Waals surface area contributed by atoms with Crippen LogP contribution in [0.25, 0.3) is 0 Å². The van der Waals surface area contributed by atoms with Crippen molar-refractivity contribution in [1.29, 1.82) is 0 Å². The largest absolute Gasteiger partial charge is 0.300 e. The first kappa shape index (κ1) is 36.8. The zero-order valence-corrected chi connectivity index (χ0v) is 27.7. The van der Waals surface area contributed by atoms with E-state index >= 15 is 0 Å². The van der Waals surface area contributed by atoms with Gasteiger partial charge in [0, 0.05) is 6.42 Å². The summed E-state index contributed by atoms with van der Waals surface area (Å²) in [4.78, 5) is 12.3. The van der Waals surface area contributed by atoms with Gasteiger partial charge in [0.1, 0.15) is 5.78 Å². The molecular formula is C38H62O. The van der Waals surface area contributed by atoms with Crippen LogP contribution in [0.4, 0.5) is 0 Å². The van der Waals surface area contributed by atoms with Gasteiger partial charge in [0.25, 0.3) is 0 Å². The summed E-state index contributed by atoms with van der Waals surface area (Å²) in [5.74, 6) is 0.868. The summed E-state index contributed by atoms with van der Waals surface area (Å²) in [6.07, 6.45) is 27.1. The summed E-state index contributed by atoms with van der Waals surface area (Å²) < 4.78 is 0. The second-order valence-corrected chi connectivity index (χ2v) is 12.6. The lowest BCUT2D eigenvalue weighted by Gasteiger charge is -2.23. The maximum absolute atomic E-state index is 12.3. The van der Waals surface area contributed by atoms with Gasteiger partial charge in [-0.25, -0.2) is 0 Å². The Bertz CT molecular complexity index is 929. The van der Waals surface area contributed by atoms with Gasteiger partial charge >= 0.3 is 0 Å². The SMILES string of the molecule is CC(=O)CC(C=C(C)CCC=C(C)C)C(C=C(C)CCC=C(C)C)CC=C(C)CCC=C(C)CCC=C(C)C. The molecule has 2 unspecified atom stereocenters. The normalized spacial score (nSPS) is 14.5. The van der Waals surface area contributed by atoms with E-state index in [-0.39, 0.29) is 11.7 Å². The Balaban J connectivity index is 5.71. The van der Waals surface area contributed by atoms with Crippen LogP contribution in [0.3, 0.4) is 0 Å². The molecule has 0 spiro atoms. The third-order valence-electron chi connectivity index (χ3n) is 7.11. The maximum Gasteiger partial charge on any atom is 0.130 e. The van der Waals surface area contributed by atoms with E-state index in [1.807, 2.05) is 0 Å². The number of carbonyl (C=O) groups excluding carboxylic acids is 1. The highest BCUT2D eigenvalue weighted by atomic mass is 16.1. The number of hydrogen-bond donors (Lipinski definition) is 0. The molecule has 2 atom stereocenters. The molecule has 0 saturated heterocycles. The molecule has 0 radical (unpaired) electrons. The summed E-state index contributed by atoms with van der Waals surface area (Å²) in [6.45, 7) is 23.8. The Hall–Kier alpha value is -2.15. The van der Waals surface area contributed by atoms with Gasteiger partial charge in [0.15, 0.2) is 0 Å². The molecule has 0 fully saturated rings. The van der Waals surface area contributed by atoms with E-state index in [4.69, 9.17) is 0 Å². The topological polar surface area (TPSA) is 17.1 Å².